The van der Waals surface area contributed by atoms with Crippen LogP contribution in [0.1, 0.15) is 67.8 Å². The van der Waals surface area contributed by atoms with Crippen LogP contribution in [0.15, 0.2) is 59.0 Å². The number of anilines is 1. The first kappa shape index (κ1) is 27.5. The smallest absolute Gasteiger partial charge is 0.416 e. The van der Waals surface area contributed by atoms with E-state index in [9.17, 15) is 22.8 Å². The number of halogens is 3. The van der Waals surface area contributed by atoms with E-state index in [1.807, 2.05) is 30.3 Å². The minimum Gasteiger partial charge on any atom is -0.461 e. The van der Waals surface area contributed by atoms with Gasteiger partial charge in [0, 0.05) is 48.3 Å². The normalized spacial score (nSPS) is 14.7. The Morgan fingerprint density at radius 3 is 2.50 bits per heavy atom. The van der Waals surface area contributed by atoms with Crippen molar-refractivity contribution in [2.75, 3.05) is 11.9 Å². The Morgan fingerprint density at radius 2 is 1.79 bits per heavy atom. The maximum Gasteiger partial charge on any atom is 0.416 e. The molecule has 0 unspecified atom stereocenters. The van der Waals surface area contributed by atoms with Crippen LogP contribution in [-0.4, -0.2) is 23.3 Å². The zero-order valence-electron chi connectivity index (χ0n) is 22.1. The molecule has 2 heterocycles. The van der Waals surface area contributed by atoms with Crippen molar-refractivity contribution < 1.29 is 27.2 Å². The van der Waals surface area contributed by atoms with Gasteiger partial charge >= 0.3 is 6.18 Å². The topological polar surface area (TPSA) is 62.6 Å². The van der Waals surface area contributed by atoms with Crippen molar-refractivity contribution >= 4 is 17.5 Å². The van der Waals surface area contributed by atoms with Crippen LogP contribution in [0.4, 0.5) is 18.9 Å². The largest absolute Gasteiger partial charge is 0.461 e. The molecule has 0 spiro atoms. The molecule has 8 heteroatoms. The molecule has 4 rings (SSSR count). The lowest BCUT2D eigenvalue weighted by Gasteiger charge is -2.26. The fraction of sp³-hybridized carbons (Fsp3) is 0.400. The number of hydrogen-bond acceptors (Lipinski definition) is 3. The Balaban J connectivity index is 1.44. The second-order valence-electron chi connectivity index (χ2n) is 11.3. The molecule has 38 heavy (non-hydrogen) atoms. The summed E-state index contributed by atoms with van der Waals surface area (Å²) >= 11 is 0. The van der Waals surface area contributed by atoms with Gasteiger partial charge in [-0.2, -0.15) is 13.2 Å². The van der Waals surface area contributed by atoms with Gasteiger partial charge in [-0.1, -0.05) is 45.9 Å². The van der Waals surface area contributed by atoms with Crippen LogP contribution in [0, 0.1) is 11.3 Å². The molecule has 0 aliphatic carbocycles. The Hall–Kier alpha value is -3.55. The Bertz CT molecular complexity index is 1320. The second kappa shape index (κ2) is 10.7. The highest BCUT2D eigenvalue weighted by atomic mass is 19.4. The molecule has 1 aliphatic rings. The van der Waals surface area contributed by atoms with Crippen molar-refractivity contribution in [3.05, 3.63) is 77.0 Å². The average Bonchev–Trinajstić information content (AvgIpc) is 3.25. The van der Waals surface area contributed by atoms with E-state index in [4.69, 9.17) is 4.42 Å². The van der Waals surface area contributed by atoms with Gasteiger partial charge in [-0.15, -0.1) is 0 Å². The Morgan fingerprint density at radius 1 is 1.05 bits per heavy atom. The molecular formula is C30H33F3N2O3. The van der Waals surface area contributed by atoms with Crippen molar-refractivity contribution in [1.29, 1.82) is 0 Å². The van der Waals surface area contributed by atoms with Gasteiger partial charge in [-0.05, 0) is 54.2 Å². The van der Waals surface area contributed by atoms with E-state index in [1.165, 1.54) is 17.0 Å². The van der Waals surface area contributed by atoms with E-state index < -0.39 is 17.6 Å². The number of hydrogen-bond donors (Lipinski definition) is 1. The number of amides is 2. The number of nitrogens with zero attached hydrogens (tertiary/aromatic N) is 1. The molecule has 5 nitrogen and oxygen atoms in total. The number of nitrogens with one attached hydrogen (secondary N) is 1. The predicted molar refractivity (Wildman–Crippen MR) is 141 cm³/mol. The van der Waals surface area contributed by atoms with E-state index in [2.05, 4.69) is 33.0 Å². The summed E-state index contributed by atoms with van der Waals surface area (Å²) in [7, 11) is 0. The van der Waals surface area contributed by atoms with Crippen LogP contribution in [-0.2, 0) is 23.9 Å². The summed E-state index contributed by atoms with van der Waals surface area (Å²) < 4.78 is 45.3. The summed E-state index contributed by atoms with van der Waals surface area (Å²) in [6.45, 7) is 9.15. The van der Waals surface area contributed by atoms with E-state index in [-0.39, 0.29) is 29.3 Å². The summed E-state index contributed by atoms with van der Waals surface area (Å²) in [6, 6.07) is 13.8. The zero-order valence-corrected chi connectivity index (χ0v) is 22.1. The number of carbonyl (C=O) groups excluding carboxylic acids is 2. The van der Waals surface area contributed by atoms with Crippen molar-refractivity contribution in [3.63, 3.8) is 0 Å². The molecule has 1 N–H and O–H groups in total. The standard InChI is InChI=1S/C30H33F3N2O3/c1-19(17-29(2,3)4)13-27(36)34-24-10-6-7-20(15-24)26-16-22-18-35(12-11-25(22)38-26)28(37)21-8-5-9-23(14-21)30(31,32)33/h5-10,14-16,19H,11-13,17-18H2,1-4H3,(H,34,36)/t19-/m0/s1. The third-order valence-electron chi connectivity index (χ3n) is 6.52. The van der Waals surface area contributed by atoms with E-state index in [0.29, 0.717) is 30.8 Å². The number of furan rings is 1. The van der Waals surface area contributed by atoms with Crippen LogP contribution >= 0.6 is 0 Å². The highest BCUT2D eigenvalue weighted by molar-refractivity contribution is 5.94. The van der Waals surface area contributed by atoms with Crippen LogP contribution in [0.5, 0.6) is 0 Å². The highest BCUT2D eigenvalue weighted by Crippen LogP contribution is 2.33. The number of rotatable bonds is 6. The van der Waals surface area contributed by atoms with Crippen molar-refractivity contribution in [3.8, 4) is 11.3 Å². The molecule has 2 aromatic carbocycles. The third-order valence-corrected chi connectivity index (χ3v) is 6.52. The zero-order chi connectivity index (χ0) is 27.7. The molecule has 2 amide bonds. The molecule has 1 aromatic heterocycles. The Kier molecular flexibility index (Phi) is 7.72. The van der Waals surface area contributed by atoms with Crippen molar-refractivity contribution in [2.45, 2.75) is 59.7 Å². The van der Waals surface area contributed by atoms with Gasteiger partial charge in [0.15, 0.2) is 0 Å². The summed E-state index contributed by atoms with van der Waals surface area (Å²) in [5.74, 6) is 1.13. The lowest BCUT2D eigenvalue weighted by Crippen LogP contribution is -2.35. The summed E-state index contributed by atoms with van der Waals surface area (Å²) in [5.41, 5.74) is 1.60. The SMILES string of the molecule is C[C@@H](CC(=O)Nc1cccc(-c2cc3c(o2)CCN(C(=O)c2cccc(C(F)(F)F)c2)C3)c1)CC(C)(C)C. The fourth-order valence-electron chi connectivity index (χ4n) is 5.06. The molecule has 1 atom stereocenters. The van der Waals surface area contributed by atoms with Crippen molar-refractivity contribution in [1.82, 2.24) is 4.90 Å². The molecule has 0 bridgehead atoms. The number of carbonyl (C=O) groups is 2. The molecule has 202 valence electrons. The van der Waals surface area contributed by atoms with Crippen LogP contribution < -0.4 is 5.32 Å². The van der Waals surface area contributed by atoms with Crippen LogP contribution in [0.25, 0.3) is 11.3 Å². The number of benzene rings is 2. The maximum atomic E-state index is 13.1. The lowest BCUT2D eigenvalue weighted by atomic mass is 9.84. The van der Waals surface area contributed by atoms with Gasteiger partial charge in [-0.3, -0.25) is 9.59 Å². The van der Waals surface area contributed by atoms with Gasteiger partial charge in [0.1, 0.15) is 11.5 Å². The van der Waals surface area contributed by atoms with E-state index >= 15 is 0 Å². The Labute approximate surface area is 221 Å². The van der Waals surface area contributed by atoms with Gasteiger partial charge < -0.3 is 14.6 Å². The summed E-state index contributed by atoms with van der Waals surface area (Å²) in [5, 5.41) is 2.97. The molecule has 0 saturated carbocycles. The van der Waals surface area contributed by atoms with Gasteiger partial charge in [0.2, 0.25) is 5.91 Å². The first-order chi connectivity index (χ1) is 17.8. The van der Waals surface area contributed by atoms with Crippen LogP contribution in [0.2, 0.25) is 0 Å². The predicted octanol–water partition coefficient (Wildman–Crippen LogP) is 7.56. The molecule has 0 radical (unpaired) electrons. The molecule has 1 aliphatic heterocycles. The highest BCUT2D eigenvalue weighted by Gasteiger charge is 2.32. The molecular weight excluding hydrogens is 493 g/mol. The minimum absolute atomic E-state index is 0.00672. The molecule has 3 aromatic rings. The lowest BCUT2D eigenvalue weighted by molar-refractivity contribution is -0.137. The van der Waals surface area contributed by atoms with Crippen molar-refractivity contribution in [2.24, 2.45) is 11.3 Å². The first-order valence-corrected chi connectivity index (χ1v) is 12.8. The van der Waals surface area contributed by atoms with Gasteiger partial charge in [-0.25, -0.2) is 0 Å². The summed E-state index contributed by atoms with van der Waals surface area (Å²) in [4.78, 5) is 27.1. The van der Waals surface area contributed by atoms with Gasteiger partial charge in [0.25, 0.3) is 5.91 Å². The number of fused-ring (bicyclic) bond motifs is 1. The van der Waals surface area contributed by atoms with Crippen LogP contribution in [0.3, 0.4) is 0 Å². The average molecular weight is 527 g/mol. The van der Waals surface area contributed by atoms with E-state index in [1.54, 1.807) is 0 Å². The maximum absolute atomic E-state index is 13.1. The van der Waals surface area contributed by atoms with E-state index in [0.717, 1.165) is 35.4 Å². The number of alkyl halides is 3. The minimum atomic E-state index is -4.51. The first-order valence-electron chi connectivity index (χ1n) is 12.8. The second-order valence-corrected chi connectivity index (χ2v) is 11.3. The van der Waals surface area contributed by atoms with Gasteiger partial charge in [0.05, 0.1) is 5.56 Å². The summed E-state index contributed by atoms with van der Waals surface area (Å²) in [6.07, 6.45) is -2.66. The fourth-order valence-corrected chi connectivity index (χ4v) is 5.06. The molecule has 0 saturated heterocycles. The third kappa shape index (κ3) is 6.85. The quantitative estimate of drug-likeness (QED) is 0.360. The molecule has 0 fully saturated rings. The monoisotopic (exact) mass is 526 g/mol.